The highest BCUT2D eigenvalue weighted by Crippen LogP contribution is 2.50. The summed E-state index contributed by atoms with van der Waals surface area (Å²) < 4.78 is 4.49. The Morgan fingerprint density at radius 3 is 1.13 bits per heavy atom. The van der Waals surface area contributed by atoms with Gasteiger partial charge in [-0.05, 0) is 107 Å². The Hall–Kier alpha value is -5.95. The first-order valence-electron chi connectivity index (χ1n) is 26.0. The van der Waals surface area contributed by atoms with Gasteiger partial charge in [-0.1, -0.05) is 200 Å². The summed E-state index contributed by atoms with van der Waals surface area (Å²) in [5, 5.41) is 6.63. The molecule has 2 spiro atoms. The molecular weight excluding hydrogens is 865 g/mol. The van der Waals surface area contributed by atoms with Crippen LogP contribution < -0.4 is 29.9 Å². The van der Waals surface area contributed by atoms with E-state index in [-0.39, 0.29) is 10.8 Å². The van der Waals surface area contributed by atoms with E-state index in [0.717, 1.165) is 0 Å². The van der Waals surface area contributed by atoms with Crippen molar-refractivity contribution >= 4 is 36.9 Å². The molecule has 69 heavy (non-hydrogen) atoms. The van der Waals surface area contributed by atoms with Crippen molar-refractivity contribution in [2.24, 2.45) is 14.1 Å². The van der Waals surface area contributed by atoms with E-state index < -0.39 is 16.1 Å². The number of pyridine rings is 2. The maximum absolute atomic E-state index is 2.59. The molecule has 0 atom stereocenters. The Kier molecular flexibility index (Phi) is 11.5. The summed E-state index contributed by atoms with van der Waals surface area (Å²) in [6.07, 6.45) is 16.3. The van der Waals surface area contributed by atoms with E-state index in [2.05, 4.69) is 233 Å². The summed E-state index contributed by atoms with van der Waals surface area (Å²) in [5.41, 5.74) is 20.0. The Morgan fingerprint density at radius 1 is 0.362 bits per heavy atom. The maximum Gasteiger partial charge on any atom is 0.213 e. The van der Waals surface area contributed by atoms with Gasteiger partial charge >= 0.3 is 0 Å². The van der Waals surface area contributed by atoms with Crippen molar-refractivity contribution in [1.82, 2.24) is 0 Å². The van der Waals surface area contributed by atoms with Gasteiger partial charge in [-0.3, -0.25) is 0 Å². The van der Waals surface area contributed by atoms with Crippen LogP contribution in [0, 0.1) is 13.8 Å². The van der Waals surface area contributed by atoms with Crippen LogP contribution in [0.15, 0.2) is 170 Å². The lowest BCUT2D eigenvalue weighted by Crippen LogP contribution is -2.63. The van der Waals surface area contributed by atoms with Crippen LogP contribution in [0.2, 0.25) is 26.2 Å². The monoisotopic (exact) mass is 935 g/mol. The number of aromatic nitrogens is 2. The molecule has 4 aliphatic rings. The van der Waals surface area contributed by atoms with Crippen molar-refractivity contribution in [3.63, 3.8) is 0 Å². The average molecular weight is 935 g/mol. The van der Waals surface area contributed by atoms with Crippen LogP contribution in [-0.4, -0.2) is 16.1 Å². The van der Waals surface area contributed by atoms with E-state index in [0.29, 0.717) is 0 Å². The summed E-state index contributed by atoms with van der Waals surface area (Å²) in [6.45, 7) is 14.6. The lowest BCUT2D eigenvalue weighted by atomic mass is 9.64. The quantitative estimate of drug-likeness (QED) is 0.123. The fourth-order valence-electron chi connectivity index (χ4n) is 13.8. The fourth-order valence-corrected chi connectivity index (χ4v) is 20.3. The van der Waals surface area contributed by atoms with Crippen molar-refractivity contribution < 1.29 is 9.13 Å². The molecule has 0 radical (unpaired) electrons. The molecule has 2 fully saturated rings. The smallest absolute Gasteiger partial charge is 0.201 e. The topological polar surface area (TPSA) is 7.76 Å². The van der Waals surface area contributed by atoms with Gasteiger partial charge in [0.2, 0.25) is 11.4 Å². The zero-order valence-corrected chi connectivity index (χ0v) is 44.4. The van der Waals surface area contributed by atoms with E-state index in [9.17, 15) is 0 Å². The predicted octanol–water partition coefficient (Wildman–Crippen LogP) is 12.7. The van der Waals surface area contributed by atoms with Crippen LogP contribution in [0.4, 0.5) is 0 Å². The van der Waals surface area contributed by atoms with Crippen molar-refractivity contribution in [3.8, 4) is 44.8 Å². The summed E-state index contributed by atoms with van der Waals surface area (Å²) >= 11 is 0. The van der Waals surface area contributed by atoms with Gasteiger partial charge in [0.1, 0.15) is 30.2 Å². The van der Waals surface area contributed by atoms with Gasteiger partial charge in [0.15, 0.2) is 12.4 Å². The second-order valence-electron chi connectivity index (χ2n) is 22.2. The van der Waals surface area contributed by atoms with Gasteiger partial charge in [0.05, 0.1) is 0 Å². The minimum absolute atomic E-state index is 0.182. The third kappa shape index (κ3) is 7.47. The van der Waals surface area contributed by atoms with Gasteiger partial charge in [-0.15, -0.1) is 0 Å². The Balaban J connectivity index is 0.000000151. The maximum atomic E-state index is 2.59. The zero-order chi connectivity index (χ0) is 47.7. The highest BCUT2D eigenvalue weighted by atomic mass is 28.3. The van der Waals surface area contributed by atoms with E-state index in [1.165, 1.54) is 114 Å². The highest BCUT2D eigenvalue weighted by Gasteiger charge is 2.50. The summed E-state index contributed by atoms with van der Waals surface area (Å²) in [4.78, 5) is 0. The number of hydrogen-bond donors (Lipinski definition) is 0. The predicted molar refractivity (Wildman–Crippen MR) is 296 cm³/mol. The Morgan fingerprint density at radius 2 is 0.710 bits per heavy atom. The molecule has 8 aromatic rings. The largest absolute Gasteiger partial charge is 0.213 e. The third-order valence-corrected chi connectivity index (χ3v) is 24.8. The van der Waals surface area contributed by atoms with Crippen LogP contribution in [0.1, 0.15) is 91.2 Å². The number of nitrogens with zero attached hydrogens (tertiary/aromatic N) is 2. The molecule has 0 unspecified atom stereocenters. The number of fused-ring (bicyclic) bond motifs is 8. The van der Waals surface area contributed by atoms with Crippen LogP contribution in [0.25, 0.3) is 44.8 Å². The van der Waals surface area contributed by atoms with Gasteiger partial charge < -0.3 is 0 Å². The van der Waals surface area contributed by atoms with Crippen molar-refractivity contribution in [2.45, 2.75) is 109 Å². The zero-order valence-electron chi connectivity index (χ0n) is 42.4. The molecule has 4 heteroatoms. The summed E-state index contributed by atoms with van der Waals surface area (Å²) in [7, 11) is 0.820. The van der Waals surface area contributed by atoms with Crippen LogP contribution in [0.3, 0.4) is 0 Å². The Labute approximate surface area is 414 Å². The lowest BCUT2D eigenvalue weighted by molar-refractivity contribution is -0.660. The van der Waals surface area contributed by atoms with Crippen LogP contribution >= 0.6 is 0 Å². The molecule has 346 valence electrons. The standard InChI is InChI=1S/C33H36NSi.C32H34NSi/c1-24-12-6-7-13-27(24)30-23-26(18-21-34(30)2)25-16-17-32-29(22-25)33(19-10-5-11-20-33)28-14-8-9-15-31(28)35(32,3)4;1-23-11-5-6-12-26(23)29-22-25(17-20-33(29)2)24-15-16-31-28(21-24)32(18-9-10-19-32)27-13-7-8-14-30(27)34(31,3)4/h6-9,12-18,21-23H,5,10-11,19-20H2,1-4H3;5-8,11-17,20-22H,9-10,18-19H2,1-4H3/q2*+1. The number of hydrogen-bond acceptors (Lipinski definition) is 0. The molecule has 2 saturated carbocycles. The molecule has 2 aliphatic carbocycles. The number of rotatable bonds is 4. The Bertz CT molecular complexity index is 3270. The highest BCUT2D eigenvalue weighted by molar-refractivity contribution is 7.02. The van der Waals surface area contributed by atoms with E-state index in [1.54, 1.807) is 43.0 Å². The lowest BCUT2D eigenvalue weighted by Gasteiger charge is -2.48. The molecule has 12 rings (SSSR count). The molecule has 0 N–H and O–H groups in total. The summed E-state index contributed by atoms with van der Waals surface area (Å²) in [5.74, 6) is 0. The second kappa shape index (κ2) is 17.5. The van der Waals surface area contributed by atoms with Crippen molar-refractivity contribution in [3.05, 3.63) is 203 Å². The van der Waals surface area contributed by atoms with E-state index in [1.807, 2.05) is 0 Å². The SMILES string of the molecule is Cc1ccccc1-c1cc(-c2ccc3c(c2)C2(CCCC2)c2ccccc2[Si]3(C)C)cc[n+]1C.Cc1ccccc1-c1cc(-c2ccc3c(c2)C2(CCCCC2)c2ccccc2[Si]3(C)C)cc[n+]1C. The number of aryl methyl sites for hydroxylation is 4. The van der Waals surface area contributed by atoms with Gasteiger partial charge in [-0.2, -0.15) is 0 Å². The molecule has 4 heterocycles. The minimum Gasteiger partial charge on any atom is -0.201 e. The molecule has 2 nitrogen and oxygen atoms in total. The molecule has 6 aromatic carbocycles. The molecule has 0 bridgehead atoms. The molecule has 0 amide bonds. The van der Waals surface area contributed by atoms with E-state index >= 15 is 0 Å². The third-order valence-electron chi connectivity index (χ3n) is 17.6. The minimum atomic E-state index is -1.75. The first-order chi connectivity index (χ1) is 33.3. The average Bonchev–Trinajstić information content (AvgIpc) is 3.88. The molecule has 0 saturated heterocycles. The van der Waals surface area contributed by atoms with Crippen LogP contribution in [-0.2, 0) is 24.9 Å². The van der Waals surface area contributed by atoms with Crippen molar-refractivity contribution in [2.75, 3.05) is 0 Å². The van der Waals surface area contributed by atoms with E-state index in [4.69, 9.17) is 0 Å². The second-order valence-corrected chi connectivity index (χ2v) is 30.9. The number of benzene rings is 6. The normalized spacial score (nSPS) is 17.5. The first kappa shape index (κ1) is 45.5. The van der Waals surface area contributed by atoms with Gasteiger partial charge in [0, 0.05) is 46.2 Å². The molecular formula is C65H70N2Si2+2. The van der Waals surface area contributed by atoms with Gasteiger partial charge in [-0.25, -0.2) is 9.13 Å². The van der Waals surface area contributed by atoms with Crippen LogP contribution in [0.5, 0.6) is 0 Å². The van der Waals surface area contributed by atoms with Gasteiger partial charge in [0.25, 0.3) is 0 Å². The summed E-state index contributed by atoms with van der Waals surface area (Å²) in [6, 6.07) is 60.5. The first-order valence-corrected chi connectivity index (χ1v) is 32.0. The molecule has 2 aliphatic heterocycles. The fraction of sp³-hybridized carbons (Fsp3) is 0.292. The molecule has 2 aromatic heterocycles. The van der Waals surface area contributed by atoms with Crippen molar-refractivity contribution in [1.29, 1.82) is 0 Å².